The summed E-state index contributed by atoms with van der Waals surface area (Å²) >= 11 is 1.25. The maximum atomic E-state index is 12.4. The second kappa shape index (κ2) is 7.18. The van der Waals surface area contributed by atoms with Crippen LogP contribution < -0.4 is 5.84 Å². The van der Waals surface area contributed by atoms with Gasteiger partial charge in [0.25, 0.3) is 0 Å². The van der Waals surface area contributed by atoms with E-state index in [1.807, 2.05) is 24.3 Å². The first-order chi connectivity index (χ1) is 12.1. The van der Waals surface area contributed by atoms with Gasteiger partial charge in [0.05, 0.1) is 22.3 Å². The smallest absolute Gasteiger partial charge is 0.335 e. The third-order valence-corrected chi connectivity index (χ3v) is 4.38. The Morgan fingerprint density at radius 3 is 2.44 bits per heavy atom. The number of carboxylic acids is 1. The molecule has 0 aliphatic heterocycles. The molecule has 126 valence electrons. The van der Waals surface area contributed by atoms with Crippen molar-refractivity contribution in [3.05, 3.63) is 59.7 Å². The number of rotatable bonds is 6. The first-order valence-corrected chi connectivity index (χ1v) is 8.29. The number of benzene rings is 2. The van der Waals surface area contributed by atoms with Gasteiger partial charge < -0.3 is 15.9 Å². The van der Waals surface area contributed by atoms with Crippen LogP contribution in [-0.4, -0.2) is 38.3 Å². The number of fused-ring (bicyclic) bond motifs is 1. The van der Waals surface area contributed by atoms with Gasteiger partial charge in [0.2, 0.25) is 0 Å². The minimum Gasteiger partial charge on any atom is -0.478 e. The number of aromatic nitrogens is 2. The summed E-state index contributed by atoms with van der Waals surface area (Å²) in [5, 5.41) is 13.1. The number of carbonyl (C=O) groups excluding carboxylic acids is 1. The van der Waals surface area contributed by atoms with Crippen LogP contribution in [0.3, 0.4) is 0 Å². The number of nitrogens with one attached hydrogen (secondary N) is 1. The molecule has 25 heavy (non-hydrogen) atoms. The quantitative estimate of drug-likeness (QED) is 0.270. The number of aromatic amines is 1. The van der Waals surface area contributed by atoms with E-state index in [2.05, 4.69) is 15.1 Å². The second-order valence-corrected chi connectivity index (χ2v) is 6.10. The molecule has 0 spiro atoms. The third kappa shape index (κ3) is 3.69. The number of thioether (sulfide) groups is 1. The van der Waals surface area contributed by atoms with Gasteiger partial charge in [-0.25, -0.2) is 9.78 Å². The molecule has 3 rings (SSSR count). The van der Waals surface area contributed by atoms with Crippen LogP contribution in [0.15, 0.2) is 58.8 Å². The van der Waals surface area contributed by atoms with Crippen molar-refractivity contribution < 1.29 is 14.7 Å². The Hall–Kier alpha value is -3.13. The van der Waals surface area contributed by atoms with Gasteiger partial charge in [-0.05, 0) is 24.3 Å². The van der Waals surface area contributed by atoms with Crippen LogP contribution in [0.4, 0.5) is 0 Å². The number of nitrogens with two attached hydrogens (primary N) is 1. The highest BCUT2D eigenvalue weighted by Crippen LogP contribution is 2.19. The highest BCUT2D eigenvalue weighted by molar-refractivity contribution is 7.99. The number of H-pyrrole nitrogens is 1. The summed E-state index contributed by atoms with van der Waals surface area (Å²) in [5.41, 5.74) is 2.43. The van der Waals surface area contributed by atoms with E-state index in [1.165, 1.54) is 36.0 Å². The lowest BCUT2D eigenvalue weighted by Crippen LogP contribution is -2.19. The predicted molar refractivity (Wildman–Crippen MR) is 96.0 cm³/mol. The fraction of sp³-hybridized carbons (Fsp3) is 0.0588. The molecule has 4 N–H and O–H groups in total. The molecule has 0 amide bonds. The Morgan fingerprint density at radius 2 is 1.80 bits per heavy atom. The number of nitrogens with zero attached hydrogens (tertiary/aromatic N) is 2. The van der Waals surface area contributed by atoms with Crippen molar-refractivity contribution in [2.45, 2.75) is 5.16 Å². The van der Waals surface area contributed by atoms with Crippen molar-refractivity contribution >= 4 is 40.3 Å². The van der Waals surface area contributed by atoms with Gasteiger partial charge in [-0.3, -0.25) is 4.79 Å². The van der Waals surface area contributed by atoms with Gasteiger partial charge in [0, 0.05) is 5.56 Å². The van der Waals surface area contributed by atoms with Gasteiger partial charge in [-0.2, -0.15) is 5.10 Å². The molecular weight excluding hydrogens is 340 g/mol. The fourth-order valence-corrected chi connectivity index (χ4v) is 3.03. The lowest BCUT2D eigenvalue weighted by molar-refractivity contribution is -0.110. The Balaban J connectivity index is 1.71. The summed E-state index contributed by atoms with van der Waals surface area (Å²) in [6.45, 7) is 0. The number of carboxylic acid groups (broad SMARTS) is 1. The third-order valence-electron chi connectivity index (χ3n) is 3.51. The average molecular weight is 354 g/mol. The molecule has 0 aliphatic carbocycles. The zero-order valence-corrected chi connectivity index (χ0v) is 13.8. The molecule has 0 radical (unpaired) electrons. The number of hydrazone groups is 1. The van der Waals surface area contributed by atoms with Gasteiger partial charge >= 0.3 is 5.97 Å². The molecule has 7 nitrogen and oxygen atoms in total. The Morgan fingerprint density at radius 1 is 1.12 bits per heavy atom. The van der Waals surface area contributed by atoms with Crippen LogP contribution in [0.25, 0.3) is 11.0 Å². The Bertz CT molecular complexity index is 930. The van der Waals surface area contributed by atoms with Gasteiger partial charge in [-0.15, -0.1) is 0 Å². The van der Waals surface area contributed by atoms with Crippen molar-refractivity contribution in [2.24, 2.45) is 10.9 Å². The highest BCUT2D eigenvalue weighted by atomic mass is 32.2. The SMILES string of the molecule is N/N=C(/C(=O)CSc1nc2ccccc2[nH]1)c1ccc(C(=O)O)cc1. The van der Waals surface area contributed by atoms with Gasteiger partial charge in [-0.1, -0.05) is 36.0 Å². The van der Waals surface area contributed by atoms with E-state index in [0.717, 1.165) is 11.0 Å². The molecule has 0 bridgehead atoms. The summed E-state index contributed by atoms with van der Waals surface area (Å²) in [7, 11) is 0. The van der Waals surface area contributed by atoms with Crippen molar-refractivity contribution in [3.8, 4) is 0 Å². The van der Waals surface area contributed by atoms with E-state index in [4.69, 9.17) is 10.9 Å². The van der Waals surface area contributed by atoms with Crippen LogP contribution in [0.1, 0.15) is 15.9 Å². The summed E-state index contributed by atoms with van der Waals surface area (Å²) in [6.07, 6.45) is 0. The van der Waals surface area contributed by atoms with Crippen LogP contribution in [0, 0.1) is 0 Å². The molecule has 8 heteroatoms. The summed E-state index contributed by atoms with van der Waals surface area (Å²) in [5.74, 6) is 4.15. The predicted octanol–water partition coefficient (Wildman–Crippen LogP) is 2.29. The lowest BCUT2D eigenvalue weighted by atomic mass is 10.1. The summed E-state index contributed by atoms with van der Waals surface area (Å²) in [6, 6.07) is 13.4. The molecule has 1 heterocycles. The first kappa shape index (κ1) is 16.7. The zero-order chi connectivity index (χ0) is 17.8. The number of hydrogen-bond acceptors (Lipinski definition) is 6. The molecule has 0 atom stereocenters. The van der Waals surface area contributed by atoms with E-state index in [0.29, 0.717) is 10.7 Å². The standard InChI is InChI=1S/C17H14N4O3S/c18-21-15(10-5-7-11(8-6-10)16(23)24)14(22)9-25-17-19-12-3-1-2-4-13(12)20-17/h1-8H,9,18H2,(H,19,20)(H,23,24)/b21-15+. The zero-order valence-electron chi connectivity index (χ0n) is 13.0. The van der Waals surface area contributed by atoms with Crippen LogP contribution in [0.2, 0.25) is 0 Å². The van der Waals surface area contributed by atoms with E-state index >= 15 is 0 Å². The minimum absolute atomic E-state index is 0.0977. The second-order valence-electron chi connectivity index (χ2n) is 5.13. The lowest BCUT2D eigenvalue weighted by Gasteiger charge is -2.04. The summed E-state index contributed by atoms with van der Waals surface area (Å²) < 4.78 is 0. The first-order valence-electron chi connectivity index (χ1n) is 7.31. The molecule has 0 fully saturated rings. The topological polar surface area (TPSA) is 121 Å². The number of ketones is 1. The van der Waals surface area contributed by atoms with E-state index in [1.54, 1.807) is 0 Å². The molecule has 0 aliphatic rings. The largest absolute Gasteiger partial charge is 0.478 e. The van der Waals surface area contributed by atoms with E-state index in [9.17, 15) is 9.59 Å². The Labute approximate surface area is 147 Å². The number of aromatic carboxylic acids is 1. The van der Waals surface area contributed by atoms with E-state index in [-0.39, 0.29) is 22.8 Å². The van der Waals surface area contributed by atoms with Crippen LogP contribution in [-0.2, 0) is 4.79 Å². The average Bonchev–Trinajstić information content (AvgIpc) is 3.04. The van der Waals surface area contributed by atoms with Crippen molar-refractivity contribution in [2.75, 3.05) is 5.75 Å². The molecule has 3 aromatic rings. The van der Waals surface area contributed by atoms with Gasteiger partial charge in [0.1, 0.15) is 5.71 Å². The molecule has 0 saturated carbocycles. The number of para-hydroxylation sites is 2. The van der Waals surface area contributed by atoms with Crippen LogP contribution in [0.5, 0.6) is 0 Å². The number of Topliss-reactive ketones (excluding diaryl/α,β-unsaturated/α-hetero) is 1. The molecule has 0 saturated heterocycles. The monoisotopic (exact) mass is 354 g/mol. The summed E-state index contributed by atoms with van der Waals surface area (Å²) in [4.78, 5) is 30.8. The van der Waals surface area contributed by atoms with Crippen molar-refractivity contribution in [1.82, 2.24) is 9.97 Å². The highest BCUT2D eigenvalue weighted by Gasteiger charge is 2.16. The number of hydrogen-bond donors (Lipinski definition) is 3. The molecule has 0 unspecified atom stereocenters. The minimum atomic E-state index is -1.04. The molecule has 1 aromatic heterocycles. The molecule has 2 aromatic carbocycles. The maximum absolute atomic E-state index is 12.4. The van der Waals surface area contributed by atoms with Crippen molar-refractivity contribution in [1.29, 1.82) is 0 Å². The molecular formula is C17H14N4O3S. The fourth-order valence-electron chi connectivity index (χ4n) is 2.28. The maximum Gasteiger partial charge on any atom is 0.335 e. The normalized spacial score (nSPS) is 11.6. The van der Waals surface area contributed by atoms with Crippen molar-refractivity contribution in [3.63, 3.8) is 0 Å². The van der Waals surface area contributed by atoms with Gasteiger partial charge in [0.15, 0.2) is 10.9 Å². The number of imidazole rings is 1. The number of carbonyl (C=O) groups is 2. The van der Waals surface area contributed by atoms with Crippen LogP contribution >= 0.6 is 11.8 Å². The van der Waals surface area contributed by atoms with E-state index < -0.39 is 5.97 Å². The Kier molecular flexibility index (Phi) is 4.80.